The van der Waals surface area contributed by atoms with Gasteiger partial charge >= 0.3 is 0 Å². The van der Waals surface area contributed by atoms with Crippen LogP contribution in [0.25, 0.3) is 0 Å². The first-order chi connectivity index (χ1) is 9.08. The molecule has 1 heterocycles. The third-order valence-corrected chi connectivity index (χ3v) is 3.13. The Morgan fingerprint density at radius 1 is 1.32 bits per heavy atom. The third kappa shape index (κ3) is 4.93. The van der Waals surface area contributed by atoms with Gasteiger partial charge in [-0.25, -0.2) is 4.98 Å². The van der Waals surface area contributed by atoms with Gasteiger partial charge in [-0.3, -0.25) is 0 Å². The van der Waals surface area contributed by atoms with Crippen LogP contribution in [0.4, 0.5) is 11.5 Å². The summed E-state index contributed by atoms with van der Waals surface area (Å²) in [6, 6.07) is 0.325. The van der Waals surface area contributed by atoms with E-state index in [0.29, 0.717) is 36.0 Å². The number of hydrogen-bond acceptors (Lipinski definition) is 5. The van der Waals surface area contributed by atoms with Gasteiger partial charge in [0.1, 0.15) is 12.0 Å². The summed E-state index contributed by atoms with van der Waals surface area (Å²) in [6.07, 6.45) is 4.68. The molecule has 0 saturated heterocycles. The molecule has 0 aliphatic rings. The van der Waals surface area contributed by atoms with Crippen molar-refractivity contribution in [1.29, 1.82) is 0 Å². The Kier molecular flexibility index (Phi) is 6.39. The predicted octanol–water partition coefficient (Wildman–Crippen LogP) is 3.08. The molecule has 3 N–H and O–H groups in total. The fraction of sp³-hybridized carbons (Fsp3) is 0.714. The van der Waals surface area contributed by atoms with Gasteiger partial charge < -0.3 is 15.8 Å². The van der Waals surface area contributed by atoms with Crippen molar-refractivity contribution in [2.45, 2.75) is 53.0 Å². The highest BCUT2D eigenvalue weighted by Gasteiger charge is 2.13. The second kappa shape index (κ2) is 7.81. The Morgan fingerprint density at radius 2 is 2.05 bits per heavy atom. The summed E-state index contributed by atoms with van der Waals surface area (Å²) in [6.45, 7) is 9.25. The first-order valence-electron chi connectivity index (χ1n) is 7.08. The first-order valence-corrected chi connectivity index (χ1v) is 7.08. The van der Waals surface area contributed by atoms with Crippen molar-refractivity contribution >= 4 is 11.5 Å². The molecule has 2 unspecified atom stereocenters. The summed E-state index contributed by atoms with van der Waals surface area (Å²) < 4.78 is 5.49. The Balaban J connectivity index is 2.67. The third-order valence-electron chi connectivity index (χ3n) is 3.13. The van der Waals surface area contributed by atoms with Crippen LogP contribution in [0.15, 0.2) is 6.33 Å². The lowest BCUT2D eigenvalue weighted by Gasteiger charge is -2.19. The van der Waals surface area contributed by atoms with Gasteiger partial charge in [0.25, 0.3) is 0 Å². The summed E-state index contributed by atoms with van der Waals surface area (Å²) in [5.41, 5.74) is 6.52. The molecule has 0 amide bonds. The van der Waals surface area contributed by atoms with E-state index < -0.39 is 0 Å². The van der Waals surface area contributed by atoms with E-state index in [-0.39, 0.29) is 0 Å². The highest BCUT2D eigenvalue weighted by Crippen LogP contribution is 2.26. The number of nitrogens with one attached hydrogen (secondary N) is 1. The van der Waals surface area contributed by atoms with Gasteiger partial charge in [0.15, 0.2) is 5.82 Å². The zero-order valence-corrected chi connectivity index (χ0v) is 12.4. The lowest BCUT2D eigenvalue weighted by atomic mass is 10.0. The molecular formula is C14H26N4O. The maximum absolute atomic E-state index is 6.02. The molecule has 0 radical (unpaired) electrons. The van der Waals surface area contributed by atoms with E-state index in [0.717, 1.165) is 12.8 Å². The molecule has 108 valence electrons. The number of aromatic nitrogens is 2. The van der Waals surface area contributed by atoms with E-state index in [1.54, 1.807) is 0 Å². The van der Waals surface area contributed by atoms with Crippen molar-refractivity contribution in [3.63, 3.8) is 0 Å². The van der Waals surface area contributed by atoms with E-state index in [9.17, 15) is 0 Å². The smallest absolute Gasteiger partial charge is 0.242 e. The number of rotatable bonds is 8. The number of nitrogens with zero attached hydrogens (tertiary/aromatic N) is 2. The van der Waals surface area contributed by atoms with Crippen molar-refractivity contribution in [1.82, 2.24) is 9.97 Å². The zero-order chi connectivity index (χ0) is 14.3. The maximum Gasteiger partial charge on any atom is 0.242 e. The lowest BCUT2D eigenvalue weighted by Crippen LogP contribution is -2.20. The SMILES string of the molecule is CCCOc1ncnc(NC(C)CC(C)CC)c1N. The molecular weight excluding hydrogens is 240 g/mol. The quantitative estimate of drug-likeness (QED) is 0.756. The second-order valence-corrected chi connectivity index (χ2v) is 5.08. The minimum Gasteiger partial charge on any atom is -0.476 e. The number of ether oxygens (including phenoxy) is 1. The lowest BCUT2D eigenvalue weighted by molar-refractivity contribution is 0.306. The van der Waals surface area contributed by atoms with Crippen LogP contribution in [0.3, 0.4) is 0 Å². The second-order valence-electron chi connectivity index (χ2n) is 5.08. The molecule has 0 aliphatic carbocycles. The average molecular weight is 266 g/mol. The van der Waals surface area contributed by atoms with Crippen LogP contribution in [-0.4, -0.2) is 22.6 Å². The molecule has 0 aromatic carbocycles. The van der Waals surface area contributed by atoms with Crippen molar-refractivity contribution in [2.24, 2.45) is 5.92 Å². The molecule has 5 nitrogen and oxygen atoms in total. The Labute approximate surface area is 116 Å². The number of nitrogens with two attached hydrogens (primary N) is 1. The number of hydrogen-bond donors (Lipinski definition) is 2. The highest BCUT2D eigenvalue weighted by atomic mass is 16.5. The van der Waals surface area contributed by atoms with Crippen LogP contribution in [0.1, 0.15) is 47.0 Å². The molecule has 1 rings (SSSR count). The van der Waals surface area contributed by atoms with E-state index in [4.69, 9.17) is 10.5 Å². The minimum atomic E-state index is 0.325. The summed E-state index contributed by atoms with van der Waals surface area (Å²) in [5, 5.41) is 3.34. The van der Waals surface area contributed by atoms with E-state index in [1.807, 2.05) is 6.92 Å². The topological polar surface area (TPSA) is 73.1 Å². The standard InChI is InChI=1S/C14H26N4O/c1-5-7-19-14-12(15)13(16-9-17-14)18-11(4)8-10(3)6-2/h9-11H,5-8,15H2,1-4H3,(H,16,17,18). The van der Waals surface area contributed by atoms with Crippen molar-refractivity contribution < 1.29 is 4.74 Å². The maximum atomic E-state index is 6.02. The fourth-order valence-electron chi connectivity index (χ4n) is 1.87. The number of anilines is 2. The molecule has 0 spiro atoms. The summed E-state index contributed by atoms with van der Waals surface area (Å²) in [7, 11) is 0. The fourth-order valence-corrected chi connectivity index (χ4v) is 1.87. The van der Waals surface area contributed by atoms with Crippen molar-refractivity contribution in [3.8, 4) is 5.88 Å². The normalized spacial score (nSPS) is 13.9. The van der Waals surface area contributed by atoms with Crippen LogP contribution in [0.5, 0.6) is 5.88 Å². The van der Waals surface area contributed by atoms with E-state index in [1.165, 1.54) is 12.7 Å². The molecule has 0 fully saturated rings. The predicted molar refractivity (Wildman–Crippen MR) is 79.4 cm³/mol. The van der Waals surface area contributed by atoms with Gasteiger partial charge in [-0.1, -0.05) is 27.2 Å². The minimum absolute atomic E-state index is 0.325. The molecule has 2 atom stereocenters. The van der Waals surface area contributed by atoms with Gasteiger partial charge in [0.05, 0.1) is 6.61 Å². The van der Waals surface area contributed by atoms with Crippen LogP contribution < -0.4 is 15.8 Å². The molecule has 0 aliphatic heterocycles. The van der Waals surface area contributed by atoms with Crippen LogP contribution >= 0.6 is 0 Å². The van der Waals surface area contributed by atoms with Crippen molar-refractivity contribution in [2.75, 3.05) is 17.7 Å². The average Bonchev–Trinajstić information content (AvgIpc) is 2.39. The summed E-state index contributed by atoms with van der Waals surface area (Å²) in [5.74, 6) is 1.81. The summed E-state index contributed by atoms with van der Waals surface area (Å²) >= 11 is 0. The molecule has 19 heavy (non-hydrogen) atoms. The summed E-state index contributed by atoms with van der Waals surface area (Å²) in [4.78, 5) is 8.26. The molecule has 1 aromatic rings. The van der Waals surface area contributed by atoms with Gasteiger partial charge in [-0.2, -0.15) is 4.98 Å². The van der Waals surface area contributed by atoms with Crippen molar-refractivity contribution in [3.05, 3.63) is 6.33 Å². The Morgan fingerprint density at radius 3 is 2.68 bits per heavy atom. The molecule has 1 aromatic heterocycles. The highest BCUT2D eigenvalue weighted by molar-refractivity contribution is 5.66. The van der Waals surface area contributed by atoms with Gasteiger partial charge in [0.2, 0.25) is 5.88 Å². The van der Waals surface area contributed by atoms with Gasteiger partial charge in [0, 0.05) is 6.04 Å². The first kappa shape index (κ1) is 15.5. The Bertz CT molecular complexity index is 384. The monoisotopic (exact) mass is 266 g/mol. The van der Waals surface area contributed by atoms with Gasteiger partial charge in [-0.05, 0) is 25.7 Å². The zero-order valence-electron chi connectivity index (χ0n) is 12.4. The molecule has 0 bridgehead atoms. The van der Waals surface area contributed by atoms with E-state index in [2.05, 4.69) is 36.1 Å². The molecule has 0 saturated carbocycles. The molecule has 5 heteroatoms. The van der Waals surface area contributed by atoms with Crippen LogP contribution in [0.2, 0.25) is 0 Å². The van der Waals surface area contributed by atoms with Crippen LogP contribution in [-0.2, 0) is 0 Å². The van der Waals surface area contributed by atoms with E-state index >= 15 is 0 Å². The number of nitrogen functional groups attached to an aromatic ring is 1. The largest absolute Gasteiger partial charge is 0.476 e. The Hall–Kier alpha value is -1.52. The van der Waals surface area contributed by atoms with Crippen LogP contribution in [0, 0.1) is 5.92 Å². The van der Waals surface area contributed by atoms with Gasteiger partial charge in [-0.15, -0.1) is 0 Å².